The van der Waals surface area contributed by atoms with E-state index >= 15 is 0 Å². The van der Waals surface area contributed by atoms with Gasteiger partial charge in [0.25, 0.3) is 0 Å². The molecule has 0 spiro atoms. The fourth-order valence-electron chi connectivity index (χ4n) is 5.38. The first-order valence-corrected chi connectivity index (χ1v) is 15.1. The Bertz CT molecular complexity index is 1020. The summed E-state index contributed by atoms with van der Waals surface area (Å²) >= 11 is 1.44. The fourth-order valence-corrected chi connectivity index (χ4v) is 6.23. The summed E-state index contributed by atoms with van der Waals surface area (Å²) in [5.74, 6) is -0.0794. The maximum Gasteiger partial charge on any atom is 0.348 e. The lowest BCUT2D eigenvalue weighted by Gasteiger charge is -2.26. The number of hydrogen-bond donors (Lipinski definition) is 1. The molecule has 1 amide bonds. The van der Waals surface area contributed by atoms with Gasteiger partial charge < -0.3 is 19.5 Å². The average Bonchev–Trinajstić information content (AvgIpc) is 3.56. The molecule has 0 saturated carbocycles. The summed E-state index contributed by atoms with van der Waals surface area (Å²) in [5, 5.41) is 12.4. The maximum atomic E-state index is 12.7. The zero-order valence-electron chi connectivity index (χ0n) is 22.6. The number of hydrogen-bond acceptors (Lipinski definition) is 7. The van der Waals surface area contributed by atoms with Gasteiger partial charge in [-0.15, -0.1) is 11.3 Å². The third-order valence-electron chi connectivity index (χ3n) is 7.62. The molecule has 208 valence electrons. The second kappa shape index (κ2) is 14.8. The van der Waals surface area contributed by atoms with Crippen LogP contribution in [0.25, 0.3) is 0 Å². The number of carbonyl (C=O) groups excluding carboxylic acids is 2. The van der Waals surface area contributed by atoms with Crippen LogP contribution in [0.4, 0.5) is 5.69 Å². The summed E-state index contributed by atoms with van der Waals surface area (Å²) in [6.07, 6.45) is 7.58. The van der Waals surface area contributed by atoms with Crippen LogP contribution in [-0.4, -0.2) is 67.4 Å². The van der Waals surface area contributed by atoms with Gasteiger partial charge in [0.2, 0.25) is 5.91 Å². The van der Waals surface area contributed by atoms with Crippen LogP contribution < -0.4 is 4.90 Å². The molecule has 2 aliphatic heterocycles. The van der Waals surface area contributed by atoms with Crippen molar-refractivity contribution in [2.75, 3.05) is 44.4 Å². The average molecular weight is 543 g/mol. The Labute approximate surface area is 230 Å². The van der Waals surface area contributed by atoms with E-state index < -0.39 is 6.10 Å². The van der Waals surface area contributed by atoms with Gasteiger partial charge in [0.1, 0.15) is 11.5 Å². The molecule has 1 aromatic heterocycles. The predicted octanol–water partition coefficient (Wildman–Crippen LogP) is 5.37. The van der Waals surface area contributed by atoms with Crippen LogP contribution in [0.1, 0.15) is 85.2 Å². The molecule has 0 aliphatic carbocycles. The molecule has 1 unspecified atom stereocenters. The number of unbranched alkanes of at least 4 members (excludes halogenated alkanes) is 2. The normalized spacial score (nSPS) is 19.2. The highest BCUT2D eigenvalue weighted by Crippen LogP contribution is 2.31. The van der Waals surface area contributed by atoms with Gasteiger partial charge >= 0.3 is 5.97 Å². The zero-order chi connectivity index (χ0) is 26.7. The third-order valence-corrected chi connectivity index (χ3v) is 8.56. The van der Waals surface area contributed by atoms with Crippen molar-refractivity contribution in [1.29, 1.82) is 0 Å². The van der Waals surface area contributed by atoms with E-state index in [2.05, 4.69) is 11.8 Å². The molecule has 4 rings (SSSR count). The molecular formula is C30H42N2O5S. The molecular weight excluding hydrogens is 500 g/mol. The topological polar surface area (TPSA) is 79.3 Å². The number of anilines is 1. The molecule has 2 aliphatic rings. The van der Waals surface area contributed by atoms with Gasteiger partial charge in [-0.25, -0.2) is 4.79 Å². The van der Waals surface area contributed by atoms with E-state index in [1.807, 2.05) is 40.6 Å². The molecule has 2 saturated heterocycles. The standard InChI is InChI=1S/C30H42N2O5S/c1-2-3-4-8-27(33)23-9-11-26(12-10-23)32-25(13-14-28(32)34)7-5-6-24-15-22-38-29(24)30(35)37-21-18-31-16-19-36-20-17-31/h9-12,15,22,25,27,33H,2-8,13-14,16-21H2,1H3/t25?,27-/m1/s1. The lowest BCUT2D eigenvalue weighted by Crippen LogP contribution is -2.38. The van der Waals surface area contributed by atoms with Crippen molar-refractivity contribution in [2.45, 2.75) is 76.9 Å². The van der Waals surface area contributed by atoms with E-state index in [0.717, 1.165) is 101 Å². The van der Waals surface area contributed by atoms with E-state index in [1.54, 1.807) is 0 Å². The number of aliphatic hydroxyl groups excluding tert-OH is 1. The Morgan fingerprint density at radius 1 is 1.16 bits per heavy atom. The first kappa shape index (κ1) is 28.7. The maximum absolute atomic E-state index is 12.7. The number of morpholine rings is 1. The first-order valence-electron chi connectivity index (χ1n) is 14.2. The largest absolute Gasteiger partial charge is 0.460 e. The zero-order valence-corrected chi connectivity index (χ0v) is 23.4. The highest BCUT2D eigenvalue weighted by molar-refractivity contribution is 7.12. The molecule has 1 aromatic carbocycles. The molecule has 38 heavy (non-hydrogen) atoms. The van der Waals surface area contributed by atoms with Gasteiger partial charge in [0.05, 0.1) is 19.3 Å². The molecule has 7 nitrogen and oxygen atoms in total. The van der Waals surface area contributed by atoms with Gasteiger partial charge in [-0.1, -0.05) is 38.3 Å². The van der Waals surface area contributed by atoms with Crippen LogP contribution in [0.15, 0.2) is 35.7 Å². The molecule has 3 heterocycles. The molecule has 1 N–H and O–H groups in total. The van der Waals surface area contributed by atoms with Crippen LogP contribution in [0.5, 0.6) is 0 Å². The molecule has 2 fully saturated rings. The molecule has 0 radical (unpaired) electrons. The van der Waals surface area contributed by atoms with Crippen molar-refractivity contribution >= 4 is 28.9 Å². The molecule has 2 atom stereocenters. The van der Waals surface area contributed by atoms with E-state index in [9.17, 15) is 14.7 Å². The van der Waals surface area contributed by atoms with Gasteiger partial charge in [0.15, 0.2) is 0 Å². The highest BCUT2D eigenvalue weighted by atomic mass is 32.1. The number of carbonyl (C=O) groups is 2. The first-order chi connectivity index (χ1) is 18.6. The monoisotopic (exact) mass is 542 g/mol. The number of aliphatic hydroxyl groups is 1. The van der Waals surface area contributed by atoms with Crippen molar-refractivity contribution in [3.05, 3.63) is 51.7 Å². The predicted molar refractivity (Wildman–Crippen MR) is 151 cm³/mol. The van der Waals surface area contributed by atoms with Crippen molar-refractivity contribution < 1.29 is 24.2 Å². The number of aryl methyl sites for hydroxylation is 1. The van der Waals surface area contributed by atoms with Crippen LogP contribution >= 0.6 is 11.3 Å². The number of ether oxygens (including phenoxy) is 2. The van der Waals surface area contributed by atoms with E-state index in [0.29, 0.717) is 17.9 Å². The Balaban J connectivity index is 1.26. The minimum absolute atomic E-state index is 0.158. The van der Waals surface area contributed by atoms with Gasteiger partial charge in [0, 0.05) is 37.8 Å². The van der Waals surface area contributed by atoms with E-state index in [-0.39, 0.29) is 17.9 Å². The van der Waals surface area contributed by atoms with Crippen LogP contribution in [0.2, 0.25) is 0 Å². The second-order valence-electron chi connectivity index (χ2n) is 10.3. The number of rotatable bonds is 14. The number of thiophene rings is 1. The van der Waals surface area contributed by atoms with Crippen molar-refractivity contribution in [2.24, 2.45) is 0 Å². The Hall–Kier alpha value is -2.26. The van der Waals surface area contributed by atoms with Crippen molar-refractivity contribution in [3.8, 4) is 0 Å². The highest BCUT2D eigenvalue weighted by Gasteiger charge is 2.32. The van der Waals surface area contributed by atoms with Crippen LogP contribution in [-0.2, 0) is 20.7 Å². The quantitative estimate of drug-likeness (QED) is 0.255. The summed E-state index contributed by atoms with van der Waals surface area (Å²) in [7, 11) is 0. The summed E-state index contributed by atoms with van der Waals surface area (Å²) in [6, 6.07) is 10.0. The van der Waals surface area contributed by atoms with E-state index in [1.165, 1.54) is 11.3 Å². The number of benzene rings is 1. The second-order valence-corrected chi connectivity index (χ2v) is 11.2. The summed E-state index contributed by atoms with van der Waals surface area (Å²) < 4.78 is 10.9. The number of nitrogens with zero attached hydrogens (tertiary/aromatic N) is 2. The van der Waals surface area contributed by atoms with Gasteiger partial charge in [-0.2, -0.15) is 0 Å². The SMILES string of the molecule is CCCCC[C@@H](O)c1ccc(N2C(=O)CCC2CCCc2ccsc2C(=O)OCCN2CCOCC2)cc1. The lowest BCUT2D eigenvalue weighted by molar-refractivity contribution is -0.117. The van der Waals surface area contributed by atoms with Crippen molar-refractivity contribution in [3.63, 3.8) is 0 Å². The smallest absolute Gasteiger partial charge is 0.348 e. The summed E-state index contributed by atoms with van der Waals surface area (Å²) in [5.41, 5.74) is 2.85. The Morgan fingerprint density at radius 3 is 2.71 bits per heavy atom. The Kier molecular flexibility index (Phi) is 11.2. The van der Waals surface area contributed by atoms with Crippen LogP contribution in [0, 0.1) is 0 Å². The number of esters is 1. The fraction of sp³-hybridized carbons (Fsp3) is 0.600. The summed E-state index contributed by atoms with van der Waals surface area (Å²) in [6.45, 7) is 6.53. The van der Waals surface area contributed by atoms with Crippen LogP contribution in [0.3, 0.4) is 0 Å². The number of amides is 1. The van der Waals surface area contributed by atoms with Crippen molar-refractivity contribution in [1.82, 2.24) is 4.90 Å². The van der Waals surface area contributed by atoms with E-state index in [4.69, 9.17) is 9.47 Å². The third kappa shape index (κ3) is 7.88. The van der Waals surface area contributed by atoms with Gasteiger partial charge in [-0.05, 0) is 66.8 Å². The minimum Gasteiger partial charge on any atom is -0.460 e. The Morgan fingerprint density at radius 2 is 1.95 bits per heavy atom. The molecule has 0 bridgehead atoms. The molecule has 8 heteroatoms. The summed E-state index contributed by atoms with van der Waals surface area (Å²) in [4.78, 5) is 30.3. The molecule has 2 aromatic rings. The minimum atomic E-state index is -0.452. The van der Waals surface area contributed by atoms with Gasteiger partial charge in [-0.3, -0.25) is 9.69 Å². The lowest BCUT2D eigenvalue weighted by atomic mass is 10.0.